The zero-order valence-electron chi connectivity index (χ0n) is 11.8. The fraction of sp³-hybridized carbons (Fsp3) is 0.357. The van der Waals surface area contributed by atoms with Gasteiger partial charge >= 0.3 is 6.18 Å². The molecule has 1 aliphatic rings. The zero-order valence-corrected chi connectivity index (χ0v) is 13.4. The van der Waals surface area contributed by atoms with Gasteiger partial charge in [0.2, 0.25) is 5.82 Å². The summed E-state index contributed by atoms with van der Waals surface area (Å²) in [7, 11) is 0. The summed E-state index contributed by atoms with van der Waals surface area (Å²) in [4.78, 5) is 23.5. The third-order valence-electron chi connectivity index (χ3n) is 3.59. The molecule has 23 heavy (non-hydrogen) atoms. The summed E-state index contributed by atoms with van der Waals surface area (Å²) in [6.45, 7) is 1.30. The number of aromatic amines is 1. The number of alkyl halides is 3. The number of fused-ring (bicyclic) bond motifs is 1. The Morgan fingerprint density at radius 2 is 2.13 bits per heavy atom. The molecule has 0 bridgehead atoms. The molecule has 5 nitrogen and oxygen atoms in total. The molecular formula is C14H12BrF3N4O. The summed E-state index contributed by atoms with van der Waals surface area (Å²) in [5, 5.41) is 0. The van der Waals surface area contributed by atoms with Gasteiger partial charge in [-0.3, -0.25) is 14.7 Å². The smallest absolute Gasteiger partial charge is 0.303 e. The van der Waals surface area contributed by atoms with Crippen molar-refractivity contribution in [2.75, 3.05) is 6.54 Å². The molecule has 1 N–H and O–H groups in total. The van der Waals surface area contributed by atoms with Gasteiger partial charge < -0.3 is 4.98 Å². The van der Waals surface area contributed by atoms with Crippen LogP contribution >= 0.6 is 15.9 Å². The molecule has 9 heteroatoms. The first kappa shape index (κ1) is 16.1. The van der Waals surface area contributed by atoms with E-state index in [2.05, 4.69) is 25.9 Å². The van der Waals surface area contributed by atoms with E-state index in [-0.39, 0.29) is 12.2 Å². The van der Waals surface area contributed by atoms with Crippen molar-refractivity contribution in [1.29, 1.82) is 0 Å². The van der Waals surface area contributed by atoms with E-state index in [9.17, 15) is 18.0 Å². The Morgan fingerprint density at radius 1 is 1.35 bits per heavy atom. The van der Waals surface area contributed by atoms with Gasteiger partial charge in [0.05, 0.1) is 17.0 Å². The number of nitrogens with zero attached hydrogens (tertiary/aromatic N) is 3. The van der Waals surface area contributed by atoms with Crippen molar-refractivity contribution in [3.63, 3.8) is 0 Å². The van der Waals surface area contributed by atoms with E-state index in [0.29, 0.717) is 25.1 Å². The molecule has 2 aromatic heterocycles. The molecule has 0 radical (unpaired) electrons. The molecule has 1 aliphatic heterocycles. The Hall–Kier alpha value is -1.74. The van der Waals surface area contributed by atoms with Gasteiger partial charge in [0.1, 0.15) is 0 Å². The van der Waals surface area contributed by atoms with Crippen molar-refractivity contribution < 1.29 is 13.2 Å². The van der Waals surface area contributed by atoms with Crippen LogP contribution in [-0.4, -0.2) is 26.4 Å². The number of hydrogen-bond acceptors (Lipinski definition) is 4. The SMILES string of the molecule is O=c1[nH]c(C(F)(F)F)nc2c1CN(Cc1ccc(Br)cn1)CC2. The van der Waals surface area contributed by atoms with Crippen molar-refractivity contribution in [3.8, 4) is 0 Å². The lowest BCUT2D eigenvalue weighted by molar-refractivity contribution is -0.145. The van der Waals surface area contributed by atoms with Crippen molar-refractivity contribution in [2.45, 2.75) is 25.7 Å². The predicted octanol–water partition coefficient (Wildman–Crippen LogP) is 2.50. The van der Waals surface area contributed by atoms with Gasteiger partial charge in [-0.15, -0.1) is 0 Å². The third-order valence-corrected chi connectivity index (χ3v) is 4.06. The molecular weight excluding hydrogens is 377 g/mol. The quantitative estimate of drug-likeness (QED) is 0.858. The average Bonchev–Trinajstić information content (AvgIpc) is 2.49. The number of rotatable bonds is 2. The highest BCUT2D eigenvalue weighted by Crippen LogP contribution is 2.26. The fourth-order valence-corrected chi connectivity index (χ4v) is 2.71. The van der Waals surface area contributed by atoms with Crippen LogP contribution in [0.2, 0.25) is 0 Å². The molecule has 0 saturated heterocycles. The first-order valence-electron chi connectivity index (χ1n) is 6.85. The van der Waals surface area contributed by atoms with Crippen LogP contribution in [0.3, 0.4) is 0 Å². The number of H-pyrrole nitrogens is 1. The lowest BCUT2D eigenvalue weighted by Crippen LogP contribution is -2.36. The summed E-state index contributed by atoms with van der Waals surface area (Å²) in [5.74, 6) is -1.23. The lowest BCUT2D eigenvalue weighted by atomic mass is 10.1. The van der Waals surface area contributed by atoms with Gasteiger partial charge in [-0.1, -0.05) is 0 Å². The first-order valence-corrected chi connectivity index (χ1v) is 7.64. The largest absolute Gasteiger partial charge is 0.449 e. The summed E-state index contributed by atoms with van der Waals surface area (Å²) in [5.41, 5.74) is 0.617. The first-order chi connectivity index (χ1) is 10.8. The molecule has 0 atom stereocenters. The van der Waals surface area contributed by atoms with E-state index in [1.165, 1.54) is 0 Å². The summed E-state index contributed by atoms with van der Waals surface area (Å²) >= 11 is 3.30. The van der Waals surface area contributed by atoms with Gasteiger partial charge in [-0.2, -0.15) is 13.2 Å². The van der Waals surface area contributed by atoms with E-state index in [1.54, 1.807) is 6.20 Å². The molecule has 0 amide bonds. The van der Waals surface area contributed by atoms with Crippen LogP contribution in [0.4, 0.5) is 13.2 Å². The minimum absolute atomic E-state index is 0.223. The van der Waals surface area contributed by atoms with Crippen LogP contribution in [-0.2, 0) is 25.7 Å². The zero-order chi connectivity index (χ0) is 16.6. The highest BCUT2D eigenvalue weighted by atomic mass is 79.9. The highest BCUT2D eigenvalue weighted by molar-refractivity contribution is 9.10. The molecule has 0 saturated carbocycles. The van der Waals surface area contributed by atoms with Crippen LogP contribution in [0.15, 0.2) is 27.6 Å². The fourth-order valence-electron chi connectivity index (χ4n) is 2.48. The summed E-state index contributed by atoms with van der Waals surface area (Å²) in [6.07, 6.45) is -2.66. The second-order valence-electron chi connectivity index (χ2n) is 5.27. The number of pyridine rings is 1. The van der Waals surface area contributed by atoms with Gasteiger partial charge in [-0.05, 0) is 28.1 Å². The van der Waals surface area contributed by atoms with E-state index in [4.69, 9.17) is 0 Å². The Balaban J connectivity index is 1.81. The molecule has 0 aliphatic carbocycles. The van der Waals surface area contributed by atoms with Gasteiger partial charge in [-0.25, -0.2) is 4.98 Å². The second-order valence-corrected chi connectivity index (χ2v) is 6.18. The normalized spacial score (nSPS) is 15.5. The topological polar surface area (TPSA) is 61.9 Å². The molecule has 122 valence electrons. The van der Waals surface area contributed by atoms with Crippen LogP contribution < -0.4 is 5.56 Å². The molecule has 3 rings (SSSR count). The molecule has 0 fully saturated rings. The standard InChI is InChI=1S/C14H12BrF3N4O/c15-8-1-2-9(19-5-8)6-22-4-3-11-10(7-22)12(23)21-13(20-11)14(16,17)18/h1-2,5H,3-4,6-7H2,(H,20,21,23). The van der Waals surface area contributed by atoms with E-state index < -0.39 is 17.6 Å². The van der Waals surface area contributed by atoms with Crippen LogP contribution in [0.1, 0.15) is 22.8 Å². The Kier molecular flexibility index (Phi) is 4.24. The molecule has 3 heterocycles. The minimum Gasteiger partial charge on any atom is -0.303 e. The molecule has 0 aromatic carbocycles. The van der Waals surface area contributed by atoms with Crippen LogP contribution in [0.25, 0.3) is 0 Å². The number of nitrogens with one attached hydrogen (secondary N) is 1. The van der Waals surface area contributed by atoms with E-state index >= 15 is 0 Å². The van der Waals surface area contributed by atoms with Crippen LogP contribution in [0.5, 0.6) is 0 Å². The average molecular weight is 389 g/mol. The number of halogens is 4. The van der Waals surface area contributed by atoms with E-state index in [1.807, 2.05) is 22.0 Å². The van der Waals surface area contributed by atoms with Crippen molar-refractivity contribution in [3.05, 3.63) is 55.9 Å². The minimum atomic E-state index is -4.65. The van der Waals surface area contributed by atoms with Gasteiger partial charge in [0, 0.05) is 36.7 Å². The number of hydrogen-bond donors (Lipinski definition) is 1. The maximum Gasteiger partial charge on any atom is 0.449 e. The predicted molar refractivity (Wildman–Crippen MR) is 79.6 cm³/mol. The maximum atomic E-state index is 12.7. The van der Waals surface area contributed by atoms with E-state index in [0.717, 1.165) is 10.2 Å². The highest BCUT2D eigenvalue weighted by Gasteiger charge is 2.35. The Bertz CT molecular complexity index is 773. The van der Waals surface area contributed by atoms with Crippen molar-refractivity contribution in [1.82, 2.24) is 19.9 Å². The molecule has 0 spiro atoms. The summed E-state index contributed by atoms with van der Waals surface area (Å²) in [6, 6.07) is 3.72. The second kappa shape index (κ2) is 6.04. The van der Waals surface area contributed by atoms with Gasteiger partial charge in [0.25, 0.3) is 5.56 Å². The maximum absolute atomic E-state index is 12.7. The monoisotopic (exact) mass is 388 g/mol. The molecule has 0 unspecified atom stereocenters. The Morgan fingerprint density at radius 3 is 2.78 bits per heavy atom. The molecule has 2 aromatic rings. The van der Waals surface area contributed by atoms with Gasteiger partial charge in [0.15, 0.2) is 0 Å². The van der Waals surface area contributed by atoms with Crippen molar-refractivity contribution >= 4 is 15.9 Å². The van der Waals surface area contributed by atoms with Crippen molar-refractivity contribution in [2.24, 2.45) is 0 Å². The van der Waals surface area contributed by atoms with Crippen LogP contribution in [0, 0.1) is 0 Å². The lowest BCUT2D eigenvalue weighted by Gasteiger charge is -2.27. The third kappa shape index (κ3) is 3.61. The summed E-state index contributed by atoms with van der Waals surface area (Å²) < 4.78 is 38.9. The Labute approximate surface area is 137 Å². The number of aromatic nitrogens is 3.